The highest BCUT2D eigenvalue weighted by atomic mass is 16.1. The Morgan fingerprint density at radius 2 is 1.79 bits per heavy atom. The van der Waals surface area contributed by atoms with Crippen LogP contribution in [-0.4, -0.2) is 31.3 Å². The number of nitrogens with zero attached hydrogens (tertiary/aromatic N) is 1. The lowest BCUT2D eigenvalue weighted by atomic mass is 10.1. The van der Waals surface area contributed by atoms with Gasteiger partial charge < -0.3 is 4.90 Å². The first kappa shape index (κ1) is 10.9. The van der Waals surface area contributed by atoms with Crippen LogP contribution in [0, 0.1) is 6.92 Å². The van der Waals surface area contributed by atoms with Crippen molar-refractivity contribution >= 4 is 5.78 Å². The maximum atomic E-state index is 11.5. The molecular formula is C12H17NO. The first-order valence-corrected chi connectivity index (χ1v) is 4.80. The molecule has 0 fully saturated rings. The maximum absolute atomic E-state index is 11.5. The third-order valence-corrected chi connectivity index (χ3v) is 2.01. The Hall–Kier alpha value is -1.15. The molecule has 0 aromatic heterocycles. The number of Topliss-reactive ketones (excluding diaryl/α,β-unsaturated/α-hetero) is 1. The van der Waals surface area contributed by atoms with Gasteiger partial charge in [-0.25, -0.2) is 0 Å². The van der Waals surface area contributed by atoms with Gasteiger partial charge in [-0.3, -0.25) is 4.79 Å². The van der Waals surface area contributed by atoms with Gasteiger partial charge in [0.25, 0.3) is 0 Å². The Morgan fingerprint density at radius 3 is 2.29 bits per heavy atom. The van der Waals surface area contributed by atoms with Gasteiger partial charge in [0.1, 0.15) is 0 Å². The van der Waals surface area contributed by atoms with E-state index < -0.39 is 0 Å². The number of hydrogen-bond acceptors (Lipinski definition) is 2. The Bertz CT molecular complexity index is 301. The van der Waals surface area contributed by atoms with Crippen molar-refractivity contribution in [1.29, 1.82) is 0 Å². The molecule has 0 aliphatic heterocycles. The molecule has 0 N–H and O–H groups in total. The SMILES string of the molecule is Cc1ccc(CC(=O)CN(C)C)cc1. The highest BCUT2D eigenvalue weighted by Crippen LogP contribution is 2.04. The van der Waals surface area contributed by atoms with Crippen LogP contribution in [-0.2, 0) is 11.2 Å². The second-order valence-corrected chi connectivity index (χ2v) is 3.94. The molecule has 0 aliphatic rings. The van der Waals surface area contributed by atoms with Gasteiger partial charge in [0.05, 0.1) is 6.54 Å². The van der Waals surface area contributed by atoms with Gasteiger partial charge in [0.2, 0.25) is 0 Å². The van der Waals surface area contributed by atoms with E-state index in [1.165, 1.54) is 5.56 Å². The molecule has 0 atom stereocenters. The minimum absolute atomic E-state index is 0.263. The fourth-order valence-electron chi connectivity index (χ4n) is 1.34. The highest BCUT2D eigenvalue weighted by molar-refractivity contribution is 5.82. The average molecular weight is 191 g/mol. The van der Waals surface area contributed by atoms with Crippen molar-refractivity contribution in [2.24, 2.45) is 0 Å². The first-order chi connectivity index (χ1) is 6.58. The van der Waals surface area contributed by atoms with E-state index in [9.17, 15) is 4.79 Å². The molecule has 1 rings (SSSR count). The van der Waals surface area contributed by atoms with Crippen LogP contribution >= 0.6 is 0 Å². The smallest absolute Gasteiger partial charge is 0.151 e. The zero-order valence-electron chi connectivity index (χ0n) is 9.08. The summed E-state index contributed by atoms with van der Waals surface area (Å²) < 4.78 is 0. The molecule has 76 valence electrons. The zero-order chi connectivity index (χ0) is 10.6. The number of carbonyl (C=O) groups is 1. The van der Waals surface area contributed by atoms with Gasteiger partial charge >= 0.3 is 0 Å². The van der Waals surface area contributed by atoms with Crippen molar-refractivity contribution in [2.45, 2.75) is 13.3 Å². The Balaban J connectivity index is 2.52. The summed E-state index contributed by atoms with van der Waals surface area (Å²) in [7, 11) is 3.82. The van der Waals surface area contributed by atoms with E-state index in [0.29, 0.717) is 13.0 Å². The van der Waals surface area contributed by atoms with Crippen LogP contribution in [0.25, 0.3) is 0 Å². The number of benzene rings is 1. The van der Waals surface area contributed by atoms with Crippen molar-refractivity contribution in [3.05, 3.63) is 35.4 Å². The van der Waals surface area contributed by atoms with Crippen molar-refractivity contribution < 1.29 is 4.79 Å². The second kappa shape index (κ2) is 4.91. The normalized spacial score (nSPS) is 10.6. The quantitative estimate of drug-likeness (QED) is 0.721. The van der Waals surface area contributed by atoms with E-state index in [4.69, 9.17) is 0 Å². The molecule has 2 heteroatoms. The fourth-order valence-corrected chi connectivity index (χ4v) is 1.34. The number of hydrogen-bond donors (Lipinski definition) is 0. The van der Waals surface area contributed by atoms with Gasteiger partial charge in [-0.1, -0.05) is 29.8 Å². The van der Waals surface area contributed by atoms with E-state index >= 15 is 0 Å². The number of aryl methyl sites for hydroxylation is 1. The predicted octanol–water partition coefficient (Wildman–Crippen LogP) is 1.67. The van der Waals surface area contributed by atoms with E-state index in [0.717, 1.165) is 5.56 Å². The molecule has 0 heterocycles. The topological polar surface area (TPSA) is 20.3 Å². The maximum Gasteiger partial charge on any atom is 0.151 e. The summed E-state index contributed by atoms with van der Waals surface area (Å²) in [4.78, 5) is 13.4. The molecular weight excluding hydrogens is 174 g/mol. The lowest BCUT2D eigenvalue weighted by molar-refractivity contribution is -0.119. The minimum atomic E-state index is 0.263. The Kier molecular flexibility index (Phi) is 3.84. The van der Waals surface area contributed by atoms with Crippen LogP contribution in [0.2, 0.25) is 0 Å². The van der Waals surface area contributed by atoms with Gasteiger partial charge in [-0.15, -0.1) is 0 Å². The van der Waals surface area contributed by atoms with E-state index in [1.807, 2.05) is 50.2 Å². The van der Waals surface area contributed by atoms with Gasteiger partial charge in [-0.2, -0.15) is 0 Å². The highest BCUT2D eigenvalue weighted by Gasteiger charge is 2.04. The van der Waals surface area contributed by atoms with Crippen molar-refractivity contribution in [2.75, 3.05) is 20.6 Å². The van der Waals surface area contributed by atoms with Crippen LogP contribution in [0.3, 0.4) is 0 Å². The molecule has 14 heavy (non-hydrogen) atoms. The fraction of sp³-hybridized carbons (Fsp3) is 0.417. The molecule has 1 aromatic rings. The van der Waals surface area contributed by atoms with Gasteiger partial charge in [0.15, 0.2) is 5.78 Å². The van der Waals surface area contributed by atoms with Crippen molar-refractivity contribution in [3.8, 4) is 0 Å². The molecule has 1 aromatic carbocycles. The van der Waals surface area contributed by atoms with Crippen LogP contribution in [0.15, 0.2) is 24.3 Å². The number of ketones is 1. The summed E-state index contributed by atoms with van der Waals surface area (Å²) in [5.74, 6) is 0.263. The standard InChI is InChI=1S/C12H17NO/c1-10-4-6-11(7-5-10)8-12(14)9-13(2)3/h4-7H,8-9H2,1-3H3. The third-order valence-electron chi connectivity index (χ3n) is 2.01. The number of carbonyl (C=O) groups excluding carboxylic acids is 1. The van der Waals surface area contributed by atoms with Gasteiger partial charge in [0, 0.05) is 6.42 Å². The zero-order valence-corrected chi connectivity index (χ0v) is 9.08. The molecule has 0 saturated carbocycles. The third kappa shape index (κ3) is 3.71. The van der Waals surface area contributed by atoms with E-state index in [1.54, 1.807) is 0 Å². The molecule has 0 bridgehead atoms. The van der Waals surface area contributed by atoms with Crippen LogP contribution in [0.5, 0.6) is 0 Å². The minimum Gasteiger partial charge on any atom is -0.302 e. The average Bonchev–Trinajstić information content (AvgIpc) is 2.07. The molecule has 0 aliphatic carbocycles. The number of rotatable bonds is 4. The summed E-state index contributed by atoms with van der Waals surface area (Å²) in [6.45, 7) is 2.57. The summed E-state index contributed by atoms with van der Waals surface area (Å²) in [5.41, 5.74) is 2.33. The Labute approximate surface area is 85.5 Å². The lowest BCUT2D eigenvalue weighted by Gasteiger charge is -2.08. The molecule has 2 nitrogen and oxygen atoms in total. The van der Waals surface area contributed by atoms with Crippen LogP contribution in [0.1, 0.15) is 11.1 Å². The van der Waals surface area contributed by atoms with Crippen LogP contribution in [0.4, 0.5) is 0 Å². The van der Waals surface area contributed by atoms with E-state index in [-0.39, 0.29) is 5.78 Å². The first-order valence-electron chi connectivity index (χ1n) is 4.80. The number of likely N-dealkylation sites (N-methyl/N-ethyl adjacent to an activating group) is 1. The van der Waals surface area contributed by atoms with Crippen LogP contribution < -0.4 is 0 Å². The largest absolute Gasteiger partial charge is 0.302 e. The molecule has 0 amide bonds. The van der Waals surface area contributed by atoms with E-state index in [2.05, 4.69) is 0 Å². The lowest BCUT2D eigenvalue weighted by Crippen LogP contribution is -2.22. The molecule has 0 radical (unpaired) electrons. The molecule has 0 spiro atoms. The molecule has 0 saturated heterocycles. The summed E-state index contributed by atoms with van der Waals surface area (Å²) in [5, 5.41) is 0. The second-order valence-electron chi connectivity index (χ2n) is 3.94. The Morgan fingerprint density at radius 1 is 1.21 bits per heavy atom. The predicted molar refractivity (Wildman–Crippen MR) is 58.4 cm³/mol. The monoisotopic (exact) mass is 191 g/mol. The van der Waals surface area contributed by atoms with Crippen molar-refractivity contribution in [3.63, 3.8) is 0 Å². The molecule has 0 unspecified atom stereocenters. The summed E-state index contributed by atoms with van der Waals surface area (Å²) in [6, 6.07) is 8.11. The summed E-state index contributed by atoms with van der Waals surface area (Å²) in [6.07, 6.45) is 0.540. The van der Waals surface area contributed by atoms with Crippen molar-refractivity contribution in [1.82, 2.24) is 4.90 Å². The van der Waals surface area contributed by atoms with Gasteiger partial charge in [-0.05, 0) is 26.6 Å². The summed E-state index contributed by atoms with van der Waals surface area (Å²) >= 11 is 0.